The molecule has 2 rings (SSSR count). The maximum Gasteiger partial charge on any atom is 0.254 e. The van der Waals surface area contributed by atoms with Crippen LogP contribution < -0.4 is 5.32 Å². The van der Waals surface area contributed by atoms with Gasteiger partial charge in [-0.15, -0.1) is 0 Å². The second-order valence-corrected chi connectivity index (χ2v) is 4.77. The molecule has 1 aromatic carbocycles. The monoisotopic (exact) mass is 232 g/mol. The van der Waals surface area contributed by atoms with E-state index in [1.165, 1.54) is 0 Å². The number of aryl methyl sites for hydroxylation is 1. The van der Waals surface area contributed by atoms with Crippen LogP contribution in [0.1, 0.15) is 29.3 Å². The largest absolute Gasteiger partial charge is 0.335 e. The fourth-order valence-electron chi connectivity index (χ4n) is 2.26. The number of amides is 1. The Morgan fingerprint density at radius 3 is 3.06 bits per heavy atom. The predicted octanol–water partition coefficient (Wildman–Crippen LogP) is 1.82. The average Bonchev–Trinajstić information content (AvgIpc) is 2.53. The van der Waals surface area contributed by atoms with Crippen molar-refractivity contribution >= 4 is 5.91 Å². The van der Waals surface area contributed by atoms with E-state index in [1.54, 1.807) is 0 Å². The fraction of sp³-hybridized carbons (Fsp3) is 0.500. The summed E-state index contributed by atoms with van der Waals surface area (Å²) in [6.07, 6.45) is 1.03. The molecule has 1 aliphatic heterocycles. The van der Waals surface area contributed by atoms with Crippen LogP contribution in [0.3, 0.4) is 0 Å². The van der Waals surface area contributed by atoms with Gasteiger partial charge in [-0.25, -0.2) is 0 Å². The van der Waals surface area contributed by atoms with Crippen LogP contribution in [0.25, 0.3) is 0 Å². The molecule has 3 heteroatoms. The second kappa shape index (κ2) is 5.32. The van der Waals surface area contributed by atoms with E-state index in [1.807, 2.05) is 36.1 Å². The zero-order valence-corrected chi connectivity index (χ0v) is 10.6. The van der Waals surface area contributed by atoms with Crippen LogP contribution in [0.15, 0.2) is 24.3 Å². The van der Waals surface area contributed by atoms with E-state index >= 15 is 0 Å². The highest BCUT2D eigenvalue weighted by Gasteiger charge is 2.22. The highest BCUT2D eigenvalue weighted by atomic mass is 16.2. The molecule has 0 radical (unpaired) electrons. The van der Waals surface area contributed by atoms with Gasteiger partial charge in [-0.2, -0.15) is 0 Å². The maximum atomic E-state index is 12.4. The molecule has 1 aliphatic rings. The lowest BCUT2D eigenvalue weighted by molar-refractivity contribution is 0.0707. The van der Waals surface area contributed by atoms with Gasteiger partial charge in [0.15, 0.2) is 0 Å². The van der Waals surface area contributed by atoms with Crippen molar-refractivity contribution in [3.63, 3.8) is 0 Å². The van der Waals surface area contributed by atoms with Gasteiger partial charge < -0.3 is 10.2 Å². The Labute approximate surface area is 103 Å². The SMILES string of the molecule is Cc1cccc(C(=O)N2CCCNCC2C)c1. The number of benzene rings is 1. The van der Waals surface area contributed by atoms with Gasteiger partial charge in [0.25, 0.3) is 5.91 Å². The van der Waals surface area contributed by atoms with E-state index in [9.17, 15) is 4.79 Å². The Hall–Kier alpha value is -1.35. The van der Waals surface area contributed by atoms with Crippen LogP contribution in [0.5, 0.6) is 0 Å². The Morgan fingerprint density at radius 1 is 1.47 bits per heavy atom. The standard InChI is InChI=1S/C14H20N2O/c1-11-5-3-6-13(9-11)14(17)16-8-4-7-15-10-12(16)2/h3,5-6,9,12,15H,4,7-8,10H2,1-2H3. The smallest absolute Gasteiger partial charge is 0.254 e. The van der Waals surface area contributed by atoms with Crippen LogP contribution in [-0.2, 0) is 0 Å². The zero-order chi connectivity index (χ0) is 12.3. The van der Waals surface area contributed by atoms with Crippen molar-refractivity contribution in [2.24, 2.45) is 0 Å². The first-order valence-corrected chi connectivity index (χ1v) is 6.27. The van der Waals surface area contributed by atoms with Gasteiger partial charge in [-0.3, -0.25) is 4.79 Å². The van der Waals surface area contributed by atoms with Crippen molar-refractivity contribution in [2.45, 2.75) is 26.3 Å². The Morgan fingerprint density at radius 2 is 2.29 bits per heavy atom. The topological polar surface area (TPSA) is 32.3 Å². The van der Waals surface area contributed by atoms with Gasteiger partial charge in [0.2, 0.25) is 0 Å². The first kappa shape index (κ1) is 12.1. The summed E-state index contributed by atoms with van der Waals surface area (Å²) in [5, 5.41) is 3.35. The first-order valence-electron chi connectivity index (χ1n) is 6.27. The number of carbonyl (C=O) groups excluding carboxylic acids is 1. The van der Waals surface area contributed by atoms with Gasteiger partial charge in [0.1, 0.15) is 0 Å². The minimum atomic E-state index is 0.157. The van der Waals surface area contributed by atoms with Gasteiger partial charge in [0.05, 0.1) is 0 Å². The molecule has 1 atom stereocenters. The molecule has 0 saturated carbocycles. The molecule has 92 valence electrons. The summed E-state index contributed by atoms with van der Waals surface area (Å²) in [5.41, 5.74) is 1.94. The zero-order valence-electron chi connectivity index (χ0n) is 10.6. The highest BCUT2D eigenvalue weighted by Crippen LogP contribution is 2.12. The molecule has 0 spiro atoms. The fourth-order valence-corrected chi connectivity index (χ4v) is 2.26. The van der Waals surface area contributed by atoms with E-state index in [-0.39, 0.29) is 11.9 Å². The van der Waals surface area contributed by atoms with Gasteiger partial charge in [-0.05, 0) is 38.9 Å². The summed E-state index contributed by atoms with van der Waals surface area (Å²) in [6, 6.07) is 8.10. The van der Waals surface area contributed by atoms with Gasteiger partial charge in [-0.1, -0.05) is 17.7 Å². The minimum absolute atomic E-state index is 0.157. The third-order valence-electron chi connectivity index (χ3n) is 3.25. The number of hydrogen-bond donors (Lipinski definition) is 1. The number of rotatable bonds is 1. The van der Waals surface area contributed by atoms with Crippen molar-refractivity contribution in [1.82, 2.24) is 10.2 Å². The molecule has 1 aromatic rings. The number of carbonyl (C=O) groups is 1. The minimum Gasteiger partial charge on any atom is -0.335 e. The number of hydrogen-bond acceptors (Lipinski definition) is 2. The molecule has 0 aromatic heterocycles. The highest BCUT2D eigenvalue weighted by molar-refractivity contribution is 5.94. The molecule has 3 nitrogen and oxygen atoms in total. The predicted molar refractivity (Wildman–Crippen MR) is 69.2 cm³/mol. The van der Waals surface area contributed by atoms with Gasteiger partial charge in [0, 0.05) is 24.7 Å². The van der Waals surface area contributed by atoms with E-state index in [0.29, 0.717) is 0 Å². The number of nitrogens with zero attached hydrogens (tertiary/aromatic N) is 1. The second-order valence-electron chi connectivity index (χ2n) is 4.77. The summed E-state index contributed by atoms with van der Waals surface area (Å²) < 4.78 is 0. The summed E-state index contributed by atoms with van der Waals surface area (Å²) in [4.78, 5) is 14.4. The molecule has 1 fully saturated rings. The first-order chi connectivity index (χ1) is 8.18. The molecular weight excluding hydrogens is 212 g/mol. The summed E-state index contributed by atoms with van der Waals surface area (Å²) >= 11 is 0. The van der Waals surface area contributed by atoms with Crippen molar-refractivity contribution < 1.29 is 4.79 Å². The van der Waals surface area contributed by atoms with Crippen LogP contribution in [0, 0.1) is 6.92 Å². The lowest BCUT2D eigenvalue weighted by Crippen LogP contribution is -2.41. The van der Waals surface area contributed by atoms with E-state index in [2.05, 4.69) is 12.2 Å². The molecule has 1 unspecified atom stereocenters. The lowest BCUT2D eigenvalue weighted by Gasteiger charge is -2.27. The third kappa shape index (κ3) is 2.86. The molecule has 1 N–H and O–H groups in total. The molecule has 0 bridgehead atoms. The van der Waals surface area contributed by atoms with Crippen molar-refractivity contribution in [1.29, 1.82) is 0 Å². The van der Waals surface area contributed by atoms with Crippen LogP contribution in [0.2, 0.25) is 0 Å². The van der Waals surface area contributed by atoms with E-state index in [4.69, 9.17) is 0 Å². The summed E-state index contributed by atoms with van der Waals surface area (Å²) in [7, 11) is 0. The van der Waals surface area contributed by atoms with Crippen LogP contribution >= 0.6 is 0 Å². The maximum absolute atomic E-state index is 12.4. The van der Waals surface area contributed by atoms with Gasteiger partial charge >= 0.3 is 0 Å². The van der Waals surface area contributed by atoms with Crippen LogP contribution in [0.4, 0.5) is 0 Å². The van der Waals surface area contributed by atoms with Crippen molar-refractivity contribution in [3.8, 4) is 0 Å². The number of nitrogens with one attached hydrogen (secondary N) is 1. The van der Waals surface area contributed by atoms with E-state index in [0.717, 1.165) is 37.2 Å². The molecule has 1 saturated heterocycles. The normalized spacial score (nSPS) is 21.1. The third-order valence-corrected chi connectivity index (χ3v) is 3.25. The summed E-state index contributed by atoms with van der Waals surface area (Å²) in [6.45, 7) is 6.86. The van der Waals surface area contributed by atoms with Crippen LogP contribution in [-0.4, -0.2) is 36.5 Å². The Kier molecular flexibility index (Phi) is 3.79. The van der Waals surface area contributed by atoms with Crippen molar-refractivity contribution in [3.05, 3.63) is 35.4 Å². The lowest BCUT2D eigenvalue weighted by atomic mass is 10.1. The molecule has 1 heterocycles. The van der Waals surface area contributed by atoms with E-state index < -0.39 is 0 Å². The molecule has 17 heavy (non-hydrogen) atoms. The molecule has 1 amide bonds. The quantitative estimate of drug-likeness (QED) is 0.801. The molecule has 0 aliphatic carbocycles. The summed E-state index contributed by atoms with van der Waals surface area (Å²) in [5.74, 6) is 0.157. The average molecular weight is 232 g/mol. The Bertz CT molecular complexity index is 403. The molecular formula is C14H20N2O. The van der Waals surface area contributed by atoms with Crippen molar-refractivity contribution in [2.75, 3.05) is 19.6 Å². The Balaban J connectivity index is 2.18.